The summed E-state index contributed by atoms with van der Waals surface area (Å²) >= 11 is 0. The number of benzene rings is 1. The lowest BCUT2D eigenvalue weighted by molar-refractivity contribution is 0.0691. The van der Waals surface area contributed by atoms with Gasteiger partial charge in [0.25, 0.3) is 5.56 Å². The Kier molecular flexibility index (Phi) is 5.74. The lowest BCUT2D eigenvalue weighted by Crippen LogP contribution is -2.19. The van der Waals surface area contributed by atoms with Gasteiger partial charge in [0.05, 0.1) is 5.69 Å². The van der Waals surface area contributed by atoms with Crippen LogP contribution in [-0.2, 0) is 6.54 Å². The highest BCUT2D eigenvalue weighted by Crippen LogP contribution is 2.30. The minimum Gasteiger partial charge on any atom is -0.506 e. The zero-order chi connectivity index (χ0) is 18.1. The smallest absolute Gasteiger partial charge is 0.345 e. The molecule has 2 heterocycles. The van der Waals surface area contributed by atoms with Gasteiger partial charge in [0.2, 0.25) is 0 Å². The minimum absolute atomic E-state index is 0. The van der Waals surface area contributed by atoms with Crippen molar-refractivity contribution in [3.63, 3.8) is 0 Å². The van der Waals surface area contributed by atoms with Crippen LogP contribution in [-0.4, -0.2) is 32.7 Å². The summed E-state index contributed by atoms with van der Waals surface area (Å²) in [5.41, 5.74) is 1.87. The van der Waals surface area contributed by atoms with Crippen LogP contribution in [0.5, 0.6) is 5.75 Å². The van der Waals surface area contributed by atoms with Crippen molar-refractivity contribution in [3.8, 4) is 17.0 Å². The van der Waals surface area contributed by atoms with E-state index in [4.69, 9.17) is 5.11 Å². The molecule has 26 heavy (non-hydrogen) atoms. The van der Waals surface area contributed by atoms with Crippen molar-refractivity contribution in [1.82, 2.24) is 15.3 Å². The molecule has 0 saturated carbocycles. The van der Waals surface area contributed by atoms with Crippen molar-refractivity contribution in [2.75, 3.05) is 6.54 Å². The van der Waals surface area contributed by atoms with Crippen LogP contribution in [0.3, 0.4) is 0 Å². The largest absolute Gasteiger partial charge is 0.506 e. The highest BCUT2D eigenvalue weighted by atomic mass is 35.5. The number of pyridine rings is 1. The maximum absolute atomic E-state index is 12.0. The third-order valence-corrected chi connectivity index (χ3v) is 4.18. The fourth-order valence-corrected chi connectivity index (χ4v) is 2.87. The highest BCUT2D eigenvalue weighted by Gasteiger charge is 2.20. The van der Waals surface area contributed by atoms with Gasteiger partial charge in [-0.3, -0.25) is 4.79 Å². The van der Waals surface area contributed by atoms with Gasteiger partial charge in [-0.05, 0) is 31.0 Å². The summed E-state index contributed by atoms with van der Waals surface area (Å²) in [5.74, 6) is -1.97. The number of carboxylic acid groups (broad SMARTS) is 1. The molecule has 0 saturated heterocycles. The topological polar surface area (TPSA) is 118 Å². The average Bonchev–Trinajstić information content (AvgIpc) is 2.97. The SMILES string of the molecule is CCNCc1cc2ccc(-c3[nH]c(=O)c(C(=O)O)c(O)c3C)cc2[nH]1.Cl. The summed E-state index contributed by atoms with van der Waals surface area (Å²) < 4.78 is 0. The second-order valence-corrected chi connectivity index (χ2v) is 5.86. The molecule has 0 radical (unpaired) electrons. The van der Waals surface area contributed by atoms with Crippen LogP contribution in [0.2, 0.25) is 0 Å². The standard InChI is InChI=1S/C18H19N3O4.ClH/c1-3-19-8-12-6-10-4-5-11(7-13(10)20-12)15-9(2)16(22)14(18(24)25)17(23)21-15;/h4-7,19-20H,3,8H2,1-2H3,(H,24,25)(H2,21,22,23);1H. The molecule has 1 aromatic carbocycles. The van der Waals surface area contributed by atoms with Crippen LogP contribution in [0.1, 0.15) is 28.5 Å². The van der Waals surface area contributed by atoms with Crippen molar-refractivity contribution >= 4 is 29.3 Å². The Morgan fingerprint density at radius 3 is 2.62 bits per heavy atom. The molecule has 0 atom stereocenters. The lowest BCUT2D eigenvalue weighted by Gasteiger charge is -2.10. The van der Waals surface area contributed by atoms with E-state index in [0.29, 0.717) is 16.8 Å². The van der Waals surface area contributed by atoms with Gasteiger partial charge < -0.3 is 25.5 Å². The number of aromatic carboxylic acids is 1. The van der Waals surface area contributed by atoms with E-state index >= 15 is 0 Å². The Morgan fingerprint density at radius 1 is 1.23 bits per heavy atom. The number of hydrogen-bond acceptors (Lipinski definition) is 4. The van der Waals surface area contributed by atoms with E-state index in [2.05, 4.69) is 15.3 Å². The molecule has 3 aromatic rings. The molecular formula is C18H20ClN3O4. The van der Waals surface area contributed by atoms with Crippen molar-refractivity contribution in [1.29, 1.82) is 0 Å². The number of H-pyrrole nitrogens is 2. The van der Waals surface area contributed by atoms with Gasteiger partial charge >= 0.3 is 5.97 Å². The first-order chi connectivity index (χ1) is 11.9. The fraction of sp³-hybridized carbons (Fsp3) is 0.222. The predicted molar refractivity (Wildman–Crippen MR) is 102 cm³/mol. The second kappa shape index (κ2) is 7.63. The maximum Gasteiger partial charge on any atom is 0.345 e. The first kappa shape index (κ1) is 19.6. The van der Waals surface area contributed by atoms with Gasteiger partial charge in [-0.2, -0.15) is 0 Å². The van der Waals surface area contributed by atoms with E-state index in [9.17, 15) is 14.7 Å². The number of nitrogens with one attached hydrogen (secondary N) is 3. The summed E-state index contributed by atoms with van der Waals surface area (Å²) in [4.78, 5) is 29.0. The zero-order valence-electron chi connectivity index (χ0n) is 14.3. The number of rotatable bonds is 5. The number of aromatic amines is 2. The molecule has 0 unspecified atom stereocenters. The predicted octanol–water partition coefficient (Wildman–Crippen LogP) is 2.77. The molecule has 0 bridgehead atoms. The Morgan fingerprint density at radius 2 is 1.96 bits per heavy atom. The Labute approximate surface area is 155 Å². The second-order valence-electron chi connectivity index (χ2n) is 5.86. The number of aromatic hydroxyl groups is 1. The first-order valence-corrected chi connectivity index (χ1v) is 7.94. The molecule has 5 N–H and O–H groups in total. The molecule has 0 fully saturated rings. The number of fused-ring (bicyclic) bond motifs is 1. The molecule has 0 aliphatic heterocycles. The summed E-state index contributed by atoms with van der Waals surface area (Å²) in [5, 5.41) is 23.4. The summed E-state index contributed by atoms with van der Waals surface area (Å²) in [6.07, 6.45) is 0. The van der Waals surface area contributed by atoms with Crippen molar-refractivity contribution in [2.24, 2.45) is 0 Å². The quantitative estimate of drug-likeness (QED) is 0.468. The molecule has 0 spiro atoms. The number of carboxylic acids is 1. The third kappa shape index (κ3) is 3.44. The highest BCUT2D eigenvalue weighted by molar-refractivity contribution is 5.92. The van der Waals surface area contributed by atoms with Gasteiger partial charge in [-0.1, -0.05) is 19.1 Å². The molecule has 8 heteroatoms. The Balaban J connectivity index is 0.00000243. The average molecular weight is 378 g/mol. The Hall–Kier alpha value is -2.77. The Bertz CT molecular complexity index is 1020. The maximum atomic E-state index is 12.0. The normalized spacial score (nSPS) is 10.7. The number of halogens is 1. The molecule has 138 valence electrons. The van der Waals surface area contributed by atoms with Crippen LogP contribution in [0, 0.1) is 6.92 Å². The van der Waals surface area contributed by atoms with Crippen LogP contribution < -0.4 is 10.9 Å². The molecule has 0 aliphatic rings. The van der Waals surface area contributed by atoms with Crippen molar-refractivity contribution < 1.29 is 15.0 Å². The summed E-state index contributed by atoms with van der Waals surface area (Å²) in [6.45, 7) is 5.20. The number of carbonyl (C=O) groups is 1. The monoisotopic (exact) mass is 377 g/mol. The van der Waals surface area contributed by atoms with Crippen LogP contribution in [0.15, 0.2) is 29.1 Å². The van der Waals surface area contributed by atoms with Gasteiger partial charge in [0.15, 0.2) is 5.56 Å². The van der Waals surface area contributed by atoms with E-state index in [0.717, 1.165) is 29.7 Å². The summed E-state index contributed by atoms with van der Waals surface area (Å²) in [6, 6.07) is 7.65. The van der Waals surface area contributed by atoms with Gasteiger partial charge in [0, 0.05) is 28.9 Å². The zero-order valence-corrected chi connectivity index (χ0v) is 15.2. The van der Waals surface area contributed by atoms with Crippen LogP contribution in [0.4, 0.5) is 0 Å². The molecule has 2 aromatic heterocycles. The molecule has 0 aliphatic carbocycles. The van der Waals surface area contributed by atoms with Gasteiger partial charge in [-0.15, -0.1) is 12.4 Å². The van der Waals surface area contributed by atoms with E-state index < -0.39 is 22.8 Å². The third-order valence-electron chi connectivity index (χ3n) is 4.18. The van der Waals surface area contributed by atoms with Crippen LogP contribution >= 0.6 is 12.4 Å². The lowest BCUT2D eigenvalue weighted by atomic mass is 10.0. The molecular weight excluding hydrogens is 358 g/mol. The van der Waals surface area contributed by atoms with Crippen LogP contribution in [0.25, 0.3) is 22.2 Å². The molecule has 7 nitrogen and oxygen atoms in total. The molecule has 3 rings (SSSR count). The number of hydrogen-bond donors (Lipinski definition) is 5. The van der Waals surface area contributed by atoms with E-state index in [1.54, 1.807) is 6.92 Å². The first-order valence-electron chi connectivity index (χ1n) is 7.94. The van der Waals surface area contributed by atoms with E-state index in [-0.39, 0.29) is 12.4 Å². The number of aromatic nitrogens is 2. The molecule has 0 amide bonds. The van der Waals surface area contributed by atoms with Gasteiger partial charge in [0.1, 0.15) is 5.75 Å². The fourth-order valence-electron chi connectivity index (χ4n) is 2.87. The van der Waals surface area contributed by atoms with E-state index in [1.807, 2.05) is 31.2 Å². The van der Waals surface area contributed by atoms with Gasteiger partial charge in [-0.25, -0.2) is 4.79 Å². The minimum atomic E-state index is -1.46. The van der Waals surface area contributed by atoms with Crippen molar-refractivity contribution in [3.05, 3.63) is 51.4 Å². The van der Waals surface area contributed by atoms with E-state index in [1.165, 1.54) is 0 Å². The summed E-state index contributed by atoms with van der Waals surface area (Å²) in [7, 11) is 0. The van der Waals surface area contributed by atoms with Crippen molar-refractivity contribution in [2.45, 2.75) is 20.4 Å².